The highest BCUT2D eigenvalue weighted by molar-refractivity contribution is 6.10. The molecule has 0 bridgehead atoms. The number of nitrogens with zero attached hydrogens (tertiary/aromatic N) is 2. The fraction of sp³-hybridized carbons (Fsp3) is 0.391. The van der Waals surface area contributed by atoms with Crippen molar-refractivity contribution in [2.24, 2.45) is 5.92 Å². The van der Waals surface area contributed by atoms with E-state index in [1.54, 1.807) is 12.1 Å². The predicted octanol–water partition coefficient (Wildman–Crippen LogP) is 3.10. The molecule has 4 rings (SSSR count). The van der Waals surface area contributed by atoms with Gasteiger partial charge < -0.3 is 15.4 Å². The Morgan fingerprint density at radius 2 is 2.03 bits per heavy atom. The van der Waals surface area contributed by atoms with Crippen LogP contribution >= 0.6 is 0 Å². The van der Waals surface area contributed by atoms with Gasteiger partial charge in [-0.15, -0.1) is 0 Å². The molecule has 1 spiro atoms. The Bertz CT molecular complexity index is 963. The van der Waals surface area contributed by atoms with Crippen LogP contribution in [0.2, 0.25) is 0 Å². The van der Waals surface area contributed by atoms with Gasteiger partial charge in [0.1, 0.15) is 18.7 Å². The predicted molar refractivity (Wildman–Crippen MR) is 114 cm³/mol. The van der Waals surface area contributed by atoms with Gasteiger partial charge in [0.2, 0.25) is 11.8 Å². The summed E-state index contributed by atoms with van der Waals surface area (Å²) in [4.78, 5) is 43.0. The van der Waals surface area contributed by atoms with Crippen LogP contribution in [0.3, 0.4) is 0 Å². The minimum atomic E-state index is -0.866. The Balaban J connectivity index is 1.32. The molecule has 1 saturated heterocycles. The van der Waals surface area contributed by atoms with E-state index in [0.29, 0.717) is 24.6 Å². The van der Waals surface area contributed by atoms with Gasteiger partial charge >= 0.3 is 6.03 Å². The maximum atomic E-state index is 13.0. The first-order valence-electron chi connectivity index (χ1n) is 10.5. The SMILES string of the molecule is CC1CCCCC12NC(=O)N(CC(=O)Nc1ccc(OCc3ccccc3)nc1)C2=O. The third kappa shape index (κ3) is 4.38. The zero-order chi connectivity index (χ0) is 21.8. The van der Waals surface area contributed by atoms with E-state index in [9.17, 15) is 14.4 Å². The third-order valence-electron chi connectivity index (χ3n) is 6.05. The summed E-state index contributed by atoms with van der Waals surface area (Å²) >= 11 is 0. The van der Waals surface area contributed by atoms with Crippen molar-refractivity contribution in [2.45, 2.75) is 44.8 Å². The fourth-order valence-corrected chi connectivity index (χ4v) is 4.25. The van der Waals surface area contributed by atoms with E-state index in [2.05, 4.69) is 15.6 Å². The monoisotopic (exact) mass is 422 g/mol. The largest absolute Gasteiger partial charge is 0.473 e. The molecule has 2 atom stereocenters. The van der Waals surface area contributed by atoms with E-state index in [4.69, 9.17) is 4.74 Å². The summed E-state index contributed by atoms with van der Waals surface area (Å²) in [5.41, 5.74) is 0.625. The summed E-state index contributed by atoms with van der Waals surface area (Å²) in [5.74, 6) is -0.269. The summed E-state index contributed by atoms with van der Waals surface area (Å²) in [5, 5.41) is 5.53. The molecule has 2 N–H and O–H groups in total. The summed E-state index contributed by atoms with van der Waals surface area (Å²) in [6.45, 7) is 2.05. The van der Waals surface area contributed by atoms with Crippen molar-refractivity contribution < 1.29 is 19.1 Å². The molecule has 8 nitrogen and oxygen atoms in total. The number of carbonyl (C=O) groups excluding carboxylic acids is 3. The maximum Gasteiger partial charge on any atom is 0.325 e. The van der Waals surface area contributed by atoms with Crippen LogP contribution in [-0.4, -0.2) is 39.8 Å². The van der Waals surface area contributed by atoms with E-state index in [1.807, 2.05) is 37.3 Å². The molecule has 2 unspecified atom stereocenters. The smallest absolute Gasteiger partial charge is 0.325 e. The number of carbonyl (C=O) groups is 3. The highest BCUT2D eigenvalue weighted by Gasteiger charge is 2.55. The zero-order valence-electron chi connectivity index (χ0n) is 17.5. The number of anilines is 1. The van der Waals surface area contributed by atoms with Crippen molar-refractivity contribution >= 4 is 23.5 Å². The molecule has 1 aromatic heterocycles. The second-order valence-electron chi connectivity index (χ2n) is 8.15. The molecule has 0 radical (unpaired) electrons. The van der Waals surface area contributed by atoms with E-state index >= 15 is 0 Å². The van der Waals surface area contributed by atoms with Gasteiger partial charge in [0.25, 0.3) is 5.91 Å². The topological polar surface area (TPSA) is 101 Å². The number of pyridine rings is 1. The molecule has 1 saturated carbocycles. The van der Waals surface area contributed by atoms with Crippen molar-refractivity contribution in [1.82, 2.24) is 15.2 Å². The van der Waals surface area contributed by atoms with Gasteiger partial charge in [0.05, 0.1) is 11.9 Å². The number of ether oxygens (including phenoxy) is 1. The minimum Gasteiger partial charge on any atom is -0.473 e. The average Bonchev–Trinajstić information content (AvgIpc) is 3.01. The third-order valence-corrected chi connectivity index (χ3v) is 6.05. The van der Waals surface area contributed by atoms with Gasteiger partial charge in [-0.2, -0.15) is 0 Å². The second-order valence-corrected chi connectivity index (χ2v) is 8.15. The Kier molecular flexibility index (Phi) is 5.88. The van der Waals surface area contributed by atoms with Gasteiger partial charge in [0, 0.05) is 6.07 Å². The molecular formula is C23H26N4O4. The molecule has 1 aliphatic carbocycles. The molecule has 2 fully saturated rings. The Morgan fingerprint density at radius 3 is 2.74 bits per heavy atom. The normalized spacial score (nSPS) is 23.0. The van der Waals surface area contributed by atoms with Crippen LogP contribution in [0.4, 0.5) is 10.5 Å². The lowest BCUT2D eigenvalue weighted by Gasteiger charge is -2.36. The molecule has 1 aliphatic heterocycles. The first-order chi connectivity index (χ1) is 15.0. The lowest BCUT2D eigenvalue weighted by Crippen LogP contribution is -2.54. The Labute approximate surface area is 181 Å². The second kappa shape index (κ2) is 8.75. The van der Waals surface area contributed by atoms with Crippen LogP contribution in [-0.2, 0) is 16.2 Å². The van der Waals surface area contributed by atoms with Crippen molar-refractivity contribution in [3.05, 3.63) is 54.2 Å². The summed E-state index contributed by atoms with van der Waals surface area (Å²) < 4.78 is 5.63. The van der Waals surface area contributed by atoms with Crippen LogP contribution in [0, 0.1) is 5.92 Å². The number of amides is 4. The number of hydrogen-bond acceptors (Lipinski definition) is 5. The molecule has 162 valence electrons. The standard InChI is InChI=1S/C23H26N4O4/c1-16-7-5-6-12-23(16)21(29)27(22(30)26-23)14-19(28)25-18-10-11-20(24-13-18)31-15-17-8-3-2-4-9-17/h2-4,8-11,13,16H,5-7,12,14-15H2,1H3,(H,25,28)(H,26,30). The number of urea groups is 1. The number of rotatable bonds is 6. The van der Waals surface area contributed by atoms with Crippen molar-refractivity contribution in [3.63, 3.8) is 0 Å². The van der Waals surface area contributed by atoms with Crippen LogP contribution in [0.25, 0.3) is 0 Å². The van der Waals surface area contributed by atoms with Gasteiger partial charge in [-0.05, 0) is 30.4 Å². The summed E-state index contributed by atoms with van der Waals surface area (Å²) in [6.07, 6.45) is 4.92. The van der Waals surface area contributed by atoms with Gasteiger partial charge in [0.15, 0.2) is 0 Å². The van der Waals surface area contributed by atoms with Crippen LogP contribution < -0.4 is 15.4 Å². The summed E-state index contributed by atoms with van der Waals surface area (Å²) in [7, 11) is 0. The lowest BCUT2D eigenvalue weighted by atomic mass is 9.73. The lowest BCUT2D eigenvalue weighted by molar-refractivity contribution is -0.136. The molecule has 4 amide bonds. The van der Waals surface area contributed by atoms with Crippen LogP contribution in [0.5, 0.6) is 5.88 Å². The number of hydrogen-bond donors (Lipinski definition) is 2. The molecular weight excluding hydrogens is 396 g/mol. The van der Waals surface area contributed by atoms with Gasteiger partial charge in [-0.3, -0.25) is 14.5 Å². The van der Waals surface area contributed by atoms with E-state index < -0.39 is 17.5 Å². The molecule has 2 heterocycles. The minimum absolute atomic E-state index is 0.0541. The summed E-state index contributed by atoms with van der Waals surface area (Å²) in [6, 6.07) is 12.6. The molecule has 2 aromatic rings. The van der Waals surface area contributed by atoms with Gasteiger partial charge in [-0.25, -0.2) is 9.78 Å². The number of aromatic nitrogens is 1. The maximum absolute atomic E-state index is 13.0. The first kappa shape index (κ1) is 20.8. The molecule has 8 heteroatoms. The van der Waals surface area contributed by atoms with E-state index in [1.165, 1.54) is 6.20 Å². The van der Waals surface area contributed by atoms with Gasteiger partial charge in [-0.1, -0.05) is 50.1 Å². The number of nitrogens with one attached hydrogen (secondary N) is 2. The fourth-order valence-electron chi connectivity index (χ4n) is 4.25. The average molecular weight is 422 g/mol. The number of imide groups is 1. The molecule has 1 aromatic carbocycles. The highest BCUT2D eigenvalue weighted by Crippen LogP contribution is 2.38. The Morgan fingerprint density at radius 1 is 1.23 bits per heavy atom. The molecule has 31 heavy (non-hydrogen) atoms. The van der Waals surface area contributed by atoms with Crippen LogP contribution in [0.15, 0.2) is 48.7 Å². The number of benzene rings is 1. The van der Waals surface area contributed by atoms with Crippen molar-refractivity contribution in [1.29, 1.82) is 0 Å². The van der Waals surface area contributed by atoms with Crippen molar-refractivity contribution in [2.75, 3.05) is 11.9 Å². The van der Waals surface area contributed by atoms with Crippen LogP contribution in [0.1, 0.15) is 38.2 Å². The van der Waals surface area contributed by atoms with E-state index in [0.717, 1.165) is 29.7 Å². The quantitative estimate of drug-likeness (QED) is 0.697. The van der Waals surface area contributed by atoms with E-state index in [-0.39, 0.29) is 18.4 Å². The molecule has 2 aliphatic rings. The first-order valence-corrected chi connectivity index (χ1v) is 10.5. The Hall–Kier alpha value is -3.42. The van der Waals surface area contributed by atoms with Crippen molar-refractivity contribution in [3.8, 4) is 5.88 Å². The zero-order valence-corrected chi connectivity index (χ0v) is 17.5. The highest BCUT2D eigenvalue weighted by atomic mass is 16.5.